The minimum atomic E-state index is -0.853. The molecule has 2 amide bonds. The van der Waals surface area contributed by atoms with Crippen molar-refractivity contribution in [2.75, 3.05) is 11.9 Å². The molecular formula is C13H16Br2N2O3. The fourth-order valence-corrected chi connectivity index (χ4v) is 2.31. The van der Waals surface area contributed by atoms with Crippen LogP contribution in [0.3, 0.4) is 0 Å². The van der Waals surface area contributed by atoms with E-state index in [-0.39, 0.29) is 18.4 Å². The highest BCUT2D eigenvalue weighted by Crippen LogP contribution is 2.26. The third-order valence-corrected chi connectivity index (χ3v) is 3.95. The molecule has 5 nitrogen and oxygen atoms in total. The summed E-state index contributed by atoms with van der Waals surface area (Å²) < 4.78 is 1.63. The topological polar surface area (TPSA) is 78.4 Å². The highest BCUT2D eigenvalue weighted by atomic mass is 79.9. The molecule has 0 aliphatic heterocycles. The summed E-state index contributed by atoms with van der Waals surface area (Å²) in [6.45, 7) is 2.23. The third-order valence-electron chi connectivity index (χ3n) is 2.77. The number of amides is 2. The molecule has 0 radical (unpaired) electrons. The molecule has 0 aromatic heterocycles. The molecule has 20 heavy (non-hydrogen) atoms. The number of urea groups is 1. The maximum Gasteiger partial charge on any atom is 0.319 e. The van der Waals surface area contributed by atoms with Crippen LogP contribution < -0.4 is 10.6 Å². The van der Waals surface area contributed by atoms with Crippen molar-refractivity contribution in [3.05, 3.63) is 27.1 Å². The molecule has 0 saturated heterocycles. The van der Waals surface area contributed by atoms with Crippen molar-refractivity contribution in [3.63, 3.8) is 0 Å². The van der Waals surface area contributed by atoms with Crippen LogP contribution in [0.15, 0.2) is 27.1 Å². The molecular weight excluding hydrogens is 392 g/mol. The Morgan fingerprint density at radius 1 is 1.35 bits per heavy atom. The molecule has 1 aromatic rings. The highest BCUT2D eigenvalue weighted by molar-refractivity contribution is 9.11. The SMILES string of the molecule is CCC(CNC(=O)Nc1cc(Br)ccc1Br)CC(=O)O. The van der Waals surface area contributed by atoms with Crippen LogP contribution in [0.5, 0.6) is 0 Å². The van der Waals surface area contributed by atoms with Gasteiger partial charge in [-0.05, 0) is 40.0 Å². The number of carboxylic acids is 1. The average molecular weight is 408 g/mol. The van der Waals surface area contributed by atoms with Gasteiger partial charge in [0, 0.05) is 21.9 Å². The first-order chi connectivity index (χ1) is 9.42. The molecule has 0 aliphatic rings. The number of halogens is 2. The van der Waals surface area contributed by atoms with Crippen molar-refractivity contribution in [2.24, 2.45) is 5.92 Å². The summed E-state index contributed by atoms with van der Waals surface area (Å²) in [6.07, 6.45) is 0.754. The highest BCUT2D eigenvalue weighted by Gasteiger charge is 2.13. The van der Waals surface area contributed by atoms with Gasteiger partial charge in [-0.1, -0.05) is 29.3 Å². The average Bonchev–Trinajstić information content (AvgIpc) is 2.38. The van der Waals surface area contributed by atoms with Crippen LogP contribution in [0.25, 0.3) is 0 Å². The van der Waals surface area contributed by atoms with E-state index in [1.807, 2.05) is 19.1 Å². The number of benzene rings is 1. The molecule has 0 saturated carbocycles. The zero-order chi connectivity index (χ0) is 15.1. The minimum absolute atomic E-state index is 0.0529. The Bertz CT molecular complexity index is 495. The summed E-state index contributed by atoms with van der Waals surface area (Å²) in [5.41, 5.74) is 0.642. The van der Waals surface area contributed by atoms with Gasteiger partial charge in [-0.25, -0.2) is 4.79 Å². The summed E-state index contributed by atoms with van der Waals surface area (Å²) in [5.74, 6) is -0.919. The lowest BCUT2D eigenvalue weighted by molar-refractivity contribution is -0.138. The molecule has 7 heteroatoms. The third kappa shape index (κ3) is 5.92. The zero-order valence-corrected chi connectivity index (χ0v) is 14.1. The molecule has 3 N–H and O–H groups in total. The first-order valence-corrected chi connectivity index (χ1v) is 7.72. The van der Waals surface area contributed by atoms with Gasteiger partial charge in [0.05, 0.1) is 5.69 Å². The number of hydrogen-bond acceptors (Lipinski definition) is 2. The molecule has 1 unspecified atom stereocenters. The van der Waals surface area contributed by atoms with E-state index in [1.54, 1.807) is 6.07 Å². The fraction of sp³-hybridized carbons (Fsp3) is 0.385. The summed E-state index contributed by atoms with van der Waals surface area (Å²) in [4.78, 5) is 22.4. The van der Waals surface area contributed by atoms with Crippen LogP contribution in [0.1, 0.15) is 19.8 Å². The maximum atomic E-state index is 11.8. The number of carboxylic acid groups (broad SMARTS) is 1. The van der Waals surface area contributed by atoms with Gasteiger partial charge in [-0.15, -0.1) is 0 Å². The van der Waals surface area contributed by atoms with Crippen LogP contribution in [0.2, 0.25) is 0 Å². The van der Waals surface area contributed by atoms with E-state index < -0.39 is 5.97 Å². The Labute approximate surface area is 134 Å². The van der Waals surface area contributed by atoms with Gasteiger partial charge in [0.2, 0.25) is 0 Å². The van der Waals surface area contributed by atoms with Gasteiger partial charge in [0.25, 0.3) is 0 Å². The normalized spacial score (nSPS) is 11.8. The predicted octanol–water partition coefficient (Wildman–Crippen LogP) is 3.83. The smallest absolute Gasteiger partial charge is 0.319 e. The molecule has 110 valence electrons. The van der Waals surface area contributed by atoms with Crippen molar-refractivity contribution in [1.29, 1.82) is 0 Å². The summed E-state index contributed by atoms with van der Waals surface area (Å²) >= 11 is 6.67. The Morgan fingerprint density at radius 3 is 2.65 bits per heavy atom. The van der Waals surface area contributed by atoms with Gasteiger partial charge in [0.15, 0.2) is 0 Å². The van der Waals surface area contributed by atoms with Gasteiger partial charge in [0.1, 0.15) is 0 Å². The monoisotopic (exact) mass is 406 g/mol. The first-order valence-electron chi connectivity index (χ1n) is 6.14. The standard InChI is InChI=1S/C13H16Br2N2O3/c1-2-8(5-12(18)19)7-16-13(20)17-11-6-9(14)3-4-10(11)15/h3-4,6,8H,2,5,7H2,1H3,(H,18,19)(H2,16,17,20). The number of hydrogen-bond donors (Lipinski definition) is 3. The second-order valence-electron chi connectivity index (χ2n) is 4.33. The van der Waals surface area contributed by atoms with Gasteiger partial charge < -0.3 is 15.7 Å². The van der Waals surface area contributed by atoms with Crippen LogP contribution >= 0.6 is 31.9 Å². The molecule has 0 fully saturated rings. The van der Waals surface area contributed by atoms with E-state index in [2.05, 4.69) is 42.5 Å². The number of aliphatic carboxylic acids is 1. The van der Waals surface area contributed by atoms with Gasteiger partial charge in [-0.3, -0.25) is 4.79 Å². The number of carbonyl (C=O) groups excluding carboxylic acids is 1. The van der Waals surface area contributed by atoms with E-state index >= 15 is 0 Å². The van der Waals surface area contributed by atoms with Crippen LogP contribution in [-0.2, 0) is 4.79 Å². The van der Waals surface area contributed by atoms with E-state index in [1.165, 1.54) is 0 Å². The Kier molecular flexibility index (Phi) is 7.01. The van der Waals surface area contributed by atoms with Crippen molar-refractivity contribution in [1.82, 2.24) is 5.32 Å². The summed E-state index contributed by atoms with van der Waals surface area (Å²) in [5, 5.41) is 14.1. The Hall–Kier alpha value is -1.08. The number of anilines is 1. The van der Waals surface area contributed by atoms with Gasteiger partial charge >= 0.3 is 12.0 Å². The molecule has 1 rings (SSSR count). The number of nitrogens with one attached hydrogen (secondary N) is 2. The summed E-state index contributed by atoms with van der Waals surface area (Å²) in [7, 11) is 0. The second kappa shape index (κ2) is 8.26. The number of rotatable bonds is 6. The molecule has 0 heterocycles. The molecule has 0 aliphatic carbocycles. The lowest BCUT2D eigenvalue weighted by Gasteiger charge is -2.14. The van der Waals surface area contributed by atoms with E-state index in [4.69, 9.17) is 5.11 Å². The second-order valence-corrected chi connectivity index (χ2v) is 6.10. The molecule has 1 atom stereocenters. The maximum absolute atomic E-state index is 11.8. The lowest BCUT2D eigenvalue weighted by atomic mass is 10.0. The zero-order valence-electron chi connectivity index (χ0n) is 11.0. The largest absolute Gasteiger partial charge is 0.481 e. The predicted molar refractivity (Wildman–Crippen MR) is 84.9 cm³/mol. The van der Waals surface area contributed by atoms with Crippen molar-refractivity contribution in [3.8, 4) is 0 Å². The Balaban J connectivity index is 2.51. The lowest BCUT2D eigenvalue weighted by Crippen LogP contribution is -2.33. The van der Waals surface area contributed by atoms with E-state index in [0.29, 0.717) is 18.7 Å². The van der Waals surface area contributed by atoms with Crippen molar-refractivity contribution >= 4 is 49.5 Å². The van der Waals surface area contributed by atoms with E-state index in [9.17, 15) is 9.59 Å². The van der Waals surface area contributed by atoms with Crippen LogP contribution in [-0.4, -0.2) is 23.7 Å². The minimum Gasteiger partial charge on any atom is -0.481 e. The molecule has 0 spiro atoms. The van der Waals surface area contributed by atoms with Crippen LogP contribution in [0.4, 0.5) is 10.5 Å². The molecule has 0 bridgehead atoms. The number of carbonyl (C=O) groups is 2. The van der Waals surface area contributed by atoms with Crippen molar-refractivity contribution in [2.45, 2.75) is 19.8 Å². The summed E-state index contributed by atoms with van der Waals surface area (Å²) in [6, 6.07) is 5.09. The van der Waals surface area contributed by atoms with Crippen LogP contribution in [0, 0.1) is 5.92 Å². The van der Waals surface area contributed by atoms with Crippen molar-refractivity contribution < 1.29 is 14.7 Å². The fourth-order valence-electron chi connectivity index (χ4n) is 1.60. The van der Waals surface area contributed by atoms with E-state index in [0.717, 1.165) is 8.95 Å². The van der Waals surface area contributed by atoms with Gasteiger partial charge in [-0.2, -0.15) is 0 Å². The quantitative estimate of drug-likeness (QED) is 0.670. The Morgan fingerprint density at radius 2 is 2.05 bits per heavy atom. The molecule has 1 aromatic carbocycles. The first kappa shape index (κ1) is 17.0.